The third-order valence-electron chi connectivity index (χ3n) is 8.42. The first-order chi connectivity index (χ1) is 14.5. The summed E-state index contributed by atoms with van der Waals surface area (Å²) in [5.74, 6) is -0.469. The quantitative estimate of drug-likeness (QED) is 0.178. The Labute approximate surface area is 186 Å². The molecular formula is C27H50O3. The zero-order chi connectivity index (χ0) is 21.9. The average molecular weight is 423 g/mol. The topological polar surface area (TPSA) is 49.8 Å². The highest BCUT2D eigenvalue weighted by Crippen LogP contribution is 2.59. The lowest BCUT2D eigenvalue weighted by Crippen LogP contribution is -2.47. The molecule has 1 saturated carbocycles. The van der Waals surface area contributed by atoms with E-state index in [1.807, 2.05) is 0 Å². The molecule has 4 unspecified atom stereocenters. The van der Waals surface area contributed by atoms with E-state index in [0.717, 1.165) is 25.7 Å². The van der Waals surface area contributed by atoms with Gasteiger partial charge in [0.15, 0.2) is 0 Å². The highest BCUT2D eigenvalue weighted by Gasteiger charge is 2.66. The number of carboxylic acids is 1. The fourth-order valence-corrected chi connectivity index (χ4v) is 5.88. The van der Waals surface area contributed by atoms with Crippen LogP contribution in [0.1, 0.15) is 143 Å². The first-order valence-corrected chi connectivity index (χ1v) is 13.4. The summed E-state index contributed by atoms with van der Waals surface area (Å²) < 4.78 is 5.85. The third kappa shape index (κ3) is 7.24. The van der Waals surface area contributed by atoms with Gasteiger partial charge in [0.1, 0.15) is 0 Å². The smallest absolute Gasteiger partial charge is 0.310 e. The maximum Gasteiger partial charge on any atom is 0.310 e. The number of hydrogen-bond donors (Lipinski definition) is 1. The third-order valence-corrected chi connectivity index (χ3v) is 8.42. The summed E-state index contributed by atoms with van der Waals surface area (Å²) in [4.78, 5) is 12.1. The zero-order valence-corrected chi connectivity index (χ0v) is 20.4. The van der Waals surface area contributed by atoms with Gasteiger partial charge in [0, 0.05) is 5.92 Å². The Morgan fingerprint density at radius 1 is 0.833 bits per heavy atom. The summed E-state index contributed by atoms with van der Waals surface area (Å²) in [6.07, 6.45) is 24.6. The Balaban J connectivity index is 1.42. The lowest BCUT2D eigenvalue weighted by Gasteiger charge is -2.40. The maximum atomic E-state index is 12.1. The van der Waals surface area contributed by atoms with E-state index >= 15 is 0 Å². The number of carboxylic acid groups (broad SMARTS) is 1. The van der Waals surface area contributed by atoms with Crippen molar-refractivity contribution in [2.24, 2.45) is 11.3 Å². The first-order valence-electron chi connectivity index (χ1n) is 13.4. The molecule has 0 radical (unpaired) electrons. The predicted octanol–water partition coefficient (Wildman–Crippen LogP) is 8.30. The molecule has 0 aromatic carbocycles. The van der Waals surface area contributed by atoms with Crippen LogP contribution in [0.3, 0.4) is 0 Å². The second-order valence-corrected chi connectivity index (χ2v) is 10.6. The Morgan fingerprint density at radius 2 is 1.27 bits per heavy atom. The van der Waals surface area contributed by atoms with Crippen molar-refractivity contribution in [2.45, 2.75) is 154 Å². The fraction of sp³-hybridized carbons (Fsp3) is 0.963. The first kappa shape index (κ1) is 25.7. The summed E-state index contributed by atoms with van der Waals surface area (Å²) >= 11 is 0. The number of rotatable bonds is 18. The summed E-state index contributed by atoms with van der Waals surface area (Å²) in [5, 5.41) is 9.98. The zero-order valence-electron chi connectivity index (χ0n) is 20.4. The number of fused-ring (bicyclic) bond motifs is 1. The molecule has 0 bridgehead atoms. The van der Waals surface area contributed by atoms with E-state index < -0.39 is 11.4 Å². The molecule has 1 N–H and O–H groups in total. The van der Waals surface area contributed by atoms with Crippen molar-refractivity contribution in [1.29, 1.82) is 0 Å². The molecular weight excluding hydrogens is 372 g/mol. The van der Waals surface area contributed by atoms with Gasteiger partial charge in [0.2, 0.25) is 0 Å². The highest BCUT2D eigenvalue weighted by molar-refractivity contribution is 5.75. The van der Waals surface area contributed by atoms with Crippen LogP contribution < -0.4 is 0 Å². The maximum absolute atomic E-state index is 12.1. The number of epoxide rings is 1. The van der Waals surface area contributed by atoms with Crippen LogP contribution in [0, 0.1) is 11.3 Å². The van der Waals surface area contributed by atoms with Crippen LogP contribution in [0.2, 0.25) is 0 Å². The molecule has 2 rings (SSSR count). The lowest BCUT2D eigenvalue weighted by molar-refractivity contribution is -0.156. The van der Waals surface area contributed by atoms with E-state index in [1.54, 1.807) is 0 Å². The molecule has 0 aromatic rings. The van der Waals surface area contributed by atoms with Crippen LogP contribution >= 0.6 is 0 Å². The Hall–Kier alpha value is -0.570. The summed E-state index contributed by atoms with van der Waals surface area (Å²) in [6, 6.07) is 0. The minimum absolute atomic E-state index is 0.123. The van der Waals surface area contributed by atoms with Gasteiger partial charge in [0.05, 0.1) is 17.1 Å². The van der Waals surface area contributed by atoms with E-state index in [9.17, 15) is 9.90 Å². The standard InChI is InChI=1S/C27H50O3/c1-4-5-6-7-8-9-10-11-12-13-14-15-16-17-18-19-21-27(25(28)29)22-20-24-26(3,30-24)23(27)2/h23-24H,4-22H2,1-3H3,(H,28,29). The summed E-state index contributed by atoms with van der Waals surface area (Å²) in [7, 11) is 0. The van der Waals surface area contributed by atoms with Gasteiger partial charge in [-0.1, -0.05) is 117 Å². The average Bonchev–Trinajstić information content (AvgIpc) is 3.41. The van der Waals surface area contributed by atoms with Gasteiger partial charge in [-0.25, -0.2) is 0 Å². The second-order valence-electron chi connectivity index (χ2n) is 10.6. The minimum Gasteiger partial charge on any atom is -0.481 e. The van der Waals surface area contributed by atoms with Crippen molar-refractivity contribution in [3.05, 3.63) is 0 Å². The molecule has 1 saturated heterocycles. The number of hydrogen-bond acceptors (Lipinski definition) is 2. The van der Waals surface area contributed by atoms with Crippen LogP contribution in [0.15, 0.2) is 0 Å². The number of carbonyl (C=O) groups is 1. The van der Waals surface area contributed by atoms with Gasteiger partial charge in [-0.05, 0) is 26.2 Å². The molecule has 0 amide bonds. The summed E-state index contributed by atoms with van der Waals surface area (Å²) in [6.45, 7) is 6.51. The van der Waals surface area contributed by atoms with Gasteiger partial charge in [-0.2, -0.15) is 0 Å². The Morgan fingerprint density at radius 3 is 1.70 bits per heavy atom. The van der Waals surface area contributed by atoms with Crippen molar-refractivity contribution in [3.63, 3.8) is 0 Å². The predicted molar refractivity (Wildman–Crippen MR) is 126 cm³/mol. The van der Waals surface area contributed by atoms with Crippen molar-refractivity contribution in [3.8, 4) is 0 Å². The van der Waals surface area contributed by atoms with Gasteiger partial charge in [0.25, 0.3) is 0 Å². The second kappa shape index (κ2) is 13.1. The number of aliphatic carboxylic acids is 1. The molecule has 1 aliphatic heterocycles. The van der Waals surface area contributed by atoms with Crippen LogP contribution in [0.4, 0.5) is 0 Å². The molecule has 4 atom stereocenters. The van der Waals surface area contributed by atoms with Crippen LogP contribution in [-0.2, 0) is 9.53 Å². The summed E-state index contributed by atoms with van der Waals surface area (Å²) in [5.41, 5.74) is -0.733. The molecule has 1 heterocycles. The van der Waals surface area contributed by atoms with Crippen LogP contribution in [0.5, 0.6) is 0 Å². The van der Waals surface area contributed by atoms with Crippen molar-refractivity contribution >= 4 is 5.97 Å². The Kier molecular flexibility index (Phi) is 11.2. The number of unbranched alkanes of at least 4 members (excludes halogenated alkanes) is 15. The van der Waals surface area contributed by atoms with E-state index in [4.69, 9.17) is 4.74 Å². The highest BCUT2D eigenvalue weighted by atomic mass is 16.6. The molecule has 176 valence electrons. The largest absolute Gasteiger partial charge is 0.481 e. The molecule has 2 aliphatic rings. The van der Waals surface area contributed by atoms with E-state index in [-0.39, 0.29) is 11.5 Å². The number of ether oxygens (including phenoxy) is 1. The minimum atomic E-state index is -0.592. The van der Waals surface area contributed by atoms with Crippen molar-refractivity contribution in [2.75, 3.05) is 0 Å². The van der Waals surface area contributed by atoms with Crippen molar-refractivity contribution < 1.29 is 14.6 Å². The molecule has 0 spiro atoms. The van der Waals surface area contributed by atoms with E-state index in [1.165, 1.54) is 96.3 Å². The normalized spacial score (nSPS) is 30.2. The Bertz CT molecular complexity index is 490. The fourth-order valence-electron chi connectivity index (χ4n) is 5.88. The molecule has 1 aliphatic carbocycles. The molecule has 2 fully saturated rings. The van der Waals surface area contributed by atoms with E-state index in [0.29, 0.717) is 6.10 Å². The molecule has 3 heteroatoms. The molecule has 3 nitrogen and oxygen atoms in total. The van der Waals surface area contributed by atoms with E-state index in [2.05, 4.69) is 20.8 Å². The molecule has 0 aromatic heterocycles. The van der Waals surface area contributed by atoms with Crippen LogP contribution in [-0.4, -0.2) is 22.8 Å². The van der Waals surface area contributed by atoms with Gasteiger partial charge < -0.3 is 9.84 Å². The van der Waals surface area contributed by atoms with Gasteiger partial charge in [-0.15, -0.1) is 0 Å². The van der Waals surface area contributed by atoms with Gasteiger partial charge >= 0.3 is 5.97 Å². The molecule has 30 heavy (non-hydrogen) atoms. The monoisotopic (exact) mass is 422 g/mol. The van der Waals surface area contributed by atoms with Crippen LogP contribution in [0.25, 0.3) is 0 Å². The SMILES string of the molecule is CCCCCCCCCCCCCCCCCCC1(C(=O)O)CCC2OC2(C)C1C. The van der Waals surface area contributed by atoms with Crippen molar-refractivity contribution in [1.82, 2.24) is 0 Å². The van der Waals surface area contributed by atoms with Gasteiger partial charge in [-0.3, -0.25) is 4.79 Å². The lowest BCUT2D eigenvalue weighted by atomic mass is 9.60.